The Morgan fingerprint density at radius 2 is 1.88 bits per heavy atom. The average Bonchev–Trinajstić information content (AvgIpc) is 2.53. The van der Waals surface area contributed by atoms with E-state index in [2.05, 4.69) is 43.4 Å². The minimum Gasteiger partial charge on any atom is -0.444 e. The van der Waals surface area contributed by atoms with Crippen LogP contribution in [0.5, 0.6) is 0 Å². The van der Waals surface area contributed by atoms with Gasteiger partial charge in [0.05, 0.1) is 0 Å². The first-order valence-corrected chi connectivity index (χ1v) is 9.44. The number of carbonyl (C=O) groups is 1. The zero-order valence-corrected chi connectivity index (χ0v) is 16.6. The number of benzene rings is 1. The Morgan fingerprint density at radius 1 is 1.24 bits per heavy atom. The van der Waals surface area contributed by atoms with Gasteiger partial charge in [0, 0.05) is 25.2 Å². The zero-order valence-electron chi connectivity index (χ0n) is 16.6. The number of ether oxygens (including phenoxy) is 1. The predicted octanol–water partition coefficient (Wildman–Crippen LogP) is 4.82. The summed E-state index contributed by atoms with van der Waals surface area (Å²) in [4.78, 5) is 14.0. The van der Waals surface area contributed by atoms with Gasteiger partial charge < -0.3 is 15.0 Å². The van der Waals surface area contributed by atoms with Crippen molar-refractivity contribution < 1.29 is 9.53 Å². The average molecular weight is 347 g/mol. The summed E-state index contributed by atoms with van der Waals surface area (Å²) < 4.78 is 5.48. The molecule has 0 heterocycles. The van der Waals surface area contributed by atoms with Crippen LogP contribution in [0.4, 0.5) is 4.79 Å². The van der Waals surface area contributed by atoms with Gasteiger partial charge in [-0.1, -0.05) is 29.8 Å². The molecule has 0 aromatic heterocycles. The molecule has 0 bridgehead atoms. The van der Waals surface area contributed by atoms with Crippen LogP contribution in [0.2, 0.25) is 0 Å². The molecule has 4 heteroatoms. The van der Waals surface area contributed by atoms with Gasteiger partial charge in [0.15, 0.2) is 0 Å². The van der Waals surface area contributed by atoms with Crippen molar-refractivity contribution in [1.82, 2.24) is 10.2 Å². The van der Waals surface area contributed by atoms with Gasteiger partial charge in [-0.25, -0.2) is 4.79 Å². The molecule has 1 saturated carbocycles. The second-order valence-electron chi connectivity index (χ2n) is 8.40. The Labute approximate surface area is 152 Å². The molecule has 0 aliphatic heterocycles. The molecule has 0 spiro atoms. The van der Waals surface area contributed by atoms with Gasteiger partial charge in [0.1, 0.15) is 5.60 Å². The number of nitrogens with zero attached hydrogens (tertiary/aromatic N) is 1. The number of hydrogen-bond donors (Lipinski definition) is 1. The van der Waals surface area contributed by atoms with E-state index in [1.807, 2.05) is 27.8 Å². The Bertz CT molecular complexity index is 572. The lowest BCUT2D eigenvalue weighted by Gasteiger charge is -2.36. The van der Waals surface area contributed by atoms with Gasteiger partial charge in [0.2, 0.25) is 0 Å². The van der Waals surface area contributed by atoms with Gasteiger partial charge in [-0.15, -0.1) is 0 Å². The molecule has 1 amide bonds. The normalized spacial score (nSPS) is 22.3. The van der Waals surface area contributed by atoms with E-state index < -0.39 is 5.60 Å². The summed E-state index contributed by atoms with van der Waals surface area (Å²) in [6.07, 6.45) is 4.01. The molecule has 1 fully saturated rings. The van der Waals surface area contributed by atoms with E-state index in [0.29, 0.717) is 12.1 Å². The Balaban J connectivity index is 1.82. The SMILES string of the molecule is Cc1cccc(C(C)NC2CCC(N(C)C(=O)OC(C)(C)C)CC2)c1. The van der Waals surface area contributed by atoms with Crippen molar-refractivity contribution in [2.24, 2.45) is 0 Å². The molecule has 2 rings (SSSR count). The molecule has 1 N–H and O–H groups in total. The summed E-state index contributed by atoms with van der Waals surface area (Å²) in [7, 11) is 1.86. The number of carbonyl (C=O) groups excluding carboxylic acids is 1. The minimum absolute atomic E-state index is 0.211. The first kappa shape index (κ1) is 19.8. The first-order valence-electron chi connectivity index (χ1n) is 9.44. The van der Waals surface area contributed by atoms with Crippen molar-refractivity contribution in [3.63, 3.8) is 0 Å². The third-order valence-electron chi connectivity index (χ3n) is 4.95. The van der Waals surface area contributed by atoms with Gasteiger partial charge in [-0.3, -0.25) is 0 Å². The molecular formula is C21H34N2O2. The summed E-state index contributed by atoms with van der Waals surface area (Å²) in [5.74, 6) is 0. The Morgan fingerprint density at radius 3 is 2.44 bits per heavy atom. The Hall–Kier alpha value is -1.55. The van der Waals surface area contributed by atoms with E-state index in [1.165, 1.54) is 11.1 Å². The van der Waals surface area contributed by atoms with Gasteiger partial charge in [-0.2, -0.15) is 0 Å². The maximum absolute atomic E-state index is 12.2. The van der Waals surface area contributed by atoms with E-state index >= 15 is 0 Å². The lowest BCUT2D eigenvalue weighted by molar-refractivity contribution is 0.0178. The second-order valence-corrected chi connectivity index (χ2v) is 8.40. The van der Waals surface area contributed by atoms with Crippen molar-refractivity contribution in [2.75, 3.05) is 7.05 Å². The molecule has 1 aliphatic rings. The van der Waals surface area contributed by atoms with Crippen LogP contribution >= 0.6 is 0 Å². The fraction of sp³-hybridized carbons (Fsp3) is 0.667. The highest BCUT2D eigenvalue weighted by atomic mass is 16.6. The van der Waals surface area contributed by atoms with Crippen molar-refractivity contribution in [2.45, 2.75) is 84.0 Å². The van der Waals surface area contributed by atoms with Gasteiger partial charge in [0.25, 0.3) is 0 Å². The van der Waals surface area contributed by atoms with E-state index in [9.17, 15) is 4.79 Å². The molecule has 0 saturated heterocycles. The van der Waals surface area contributed by atoms with Crippen LogP contribution in [0.25, 0.3) is 0 Å². The van der Waals surface area contributed by atoms with E-state index in [0.717, 1.165) is 25.7 Å². The largest absolute Gasteiger partial charge is 0.444 e. The highest BCUT2D eigenvalue weighted by molar-refractivity contribution is 5.68. The van der Waals surface area contributed by atoms with Gasteiger partial charge in [-0.05, 0) is 65.9 Å². The molecule has 4 nitrogen and oxygen atoms in total. The van der Waals surface area contributed by atoms with Crippen molar-refractivity contribution in [1.29, 1.82) is 0 Å². The van der Waals surface area contributed by atoms with Crippen LogP contribution in [0, 0.1) is 6.92 Å². The maximum atomic E-state index is 12.2. The highest BCUT2D eigenvalue weighted by Crippen LogP contribution is 2.26. The lowest BCUT2D eigenvalue weighted by atomic mass is 9.89. The van der Waals surface area contributed by atoms with Crippen molar-refractivity contribution in [3.8, 4) is 0 Å². The highest BCUT2D eigenvalue weighted by Gasteiger charge is 2.29. The number of aryl methyl sites for hydroxylation is 1. The molecule has 1 atom stereocenters. The third-order valence-corrected chi connectivity index (χ3v) is 4.95. The van der Waals surface area contributed by atoms with Crippen molar-refractivity contribution in [3.05, 3.63) is 35.4 Å². The van der Waals surface area contributed by atoms with E-state index in [-0.39, 0.29) is 12.1 Å². The van der Waals surface area contributed by atoms with E-state index in [1.54, 1.807) is 4.90 Å². The molecule has 140 valence electrons. The third kappa shape index (κ3) is 6.03. The van der Waals surface area contributed by atoms with Crippen LogP contribution in [-0.2, 0) is 4.74 Å². The number of hydrogen-bond acceptors (Lipinski definition) is 3. The first-order chi connectivity index (χ1) is 11.7. The van der Waals surface area contributed by atoms with Crippen LogP contribution in [-0.4, -0.2) is 35.7 Å². The molecule has 1 unspecified atom stereocenters. The van der Waals surface area contributed by atoms with Crippen LogP contribution < -0.4 is 5.32 Å². The number of amides is 1. The summed E-state index contributed by atoms with van der Waals surface area (Å²) in [6, 6.07) is 9.83. The molecule has 1 aliphatic carbocycles. The topological polar surface area (TPSA) is 41.6 Å². The fourth-order valence-electron chi connectivity index (χ4n) is 3.50. The summed E-state index contributed by atoms with van der Waals surface area (Å²) >= 11 is 0. The Kier molecular flexibility index (Phi) is 6.50. The summed E-state index contributed by atoms with van der Waals surface area (Å²) in [5.41, 5.74) is 2.20. The van der Waals surface area contributed by atoms with E-state index in [4.69, 9.17) is 4.74 Å². The molecule has 25 heavy (non-hydrogen) atoms. The molecule has 0 radical (unpaired) electrons. The predicted molar refractivity (Wildman–Crippen MR) is 103 cm³/mol. The molecular weight excluding hydrogens is 312 g/mol. The number of nitrogens with one attached hydrogen (secondary N) is 1. The lowest BCUT2D eigenvalue weighted by Crippen LogP contribution is -2.45. The smallest absolute Gasteiger partial charge is 0.410 e. The van der Waals surface area contributed by atoms with Crippen LogP contribution in [0.15, 0.2) is 24.3 Å². The van der Waals surface area contributed by atoms with Gasteiger partial charge >= 0.3 is 6.09 Å². The fourth-order valence-corrected chi connectivity index (χ4v) is 3.50. The summed E-state index contributed by atoms with van der Waals surface area (Å²) in [5, 5.41) is 3.75. The zero-order chi connectivity index (χ0) is 18.6. The number of rotatable bonds is 4. The van der Waals surface area contributed by atoms with Crippen LogP contribution in [0.1, 0.15) is 70.5 Å². The quantitative estimate of drug-likeness (QED) is 0.849. The maximum Gasteiger partial charge on any atom is 0.410 e. The van der Waals surface area contributed by atoms with Crippen molar-refractivity contribution >= 4 is 6.09 Å². The summed E-state index contributed by atoms with van der Waals surface area (Å²) in [6.45, 7) is 10.1. The second kappa shape index (κ2) is 8.22. The monoisotopic (exact) mass is 346 g/mol. The molecule has 1 aromatic carbocycles. The molecule has 1 aromatic rings. The minimum atomic E-state index is -0.437. The standard InChI is InChI=1S/C21H34N2O2/c1-15-8-7-9-17(14-15)16(2)22-18-10-12-19(13-11-18)23(6)20(24)25-21(3,4)5/h7-9,14,16,18-19,22H,10-13H2,1-6H3. The van der Waals surface area contributed by atoms with Crippen LogP contribution in [0.3, 0.4) is 0 Å².